The molecule has 0 aliphatic carbocycles. The number of carbonyl (C=O) groups is 1. The monoisotopic (exact) mass is 240 g/mol. The van der Waals surface area contributed by atoms with Crippen LogP contribution >= 0.6 is 11.3 Å². The van der Waals surface area contributed by atoms with Crippen molar-refractivity contribution in [2.24, 2.45) is 0 Å². The van der Waals surface area contributed by atoms with Crippen molar-refractivity contribution >= 4 is 22.3 Å². The summed E-state index contributed by atoms with van der Waals surface area (Å²) < 4.78 is 5.37. The number of anilines is 1. The van der Waals surface area contributed by atoms with E-state index in [0.717, 1.165) is 31.1 Å². The molecular weight excluding hydrogens is 224 g/mol. The number of carbonyl (C=O) groups excluding carboxylic acids is 1. The minimum Gasteiger partial charge on any atom is -0.380 e. The van der Waals surface area contributed by atoms with Gasteiger partial charge in [-0.25, -0.2) is 4.98 Å². The molecule has 0 N–H and O–H groups in total. The Balaban J connectivity index is 2.08. The van der Waals surface area contributed by atoms with Crippen molar-refractivity contribution in [3.8, 4) is 0 Å². The van der Waals surface area contributed by atoms with Crippen molar-refractivity contribution in [2.75, 3.05) is 25.1 Å². The molecule has 1 unspecified atom stereocenters. The first-order valence-corrected chi connectivity index (χ1v) is 6.33. The third kappa shape index (κ3) is 2.41. The number of thiazole rings is 1. The van der Waals surface area contributed by atoms with Crippen LogP contribution < -0.4 is 4.90 Å². The lowest BCUT2D eigenvalue weighted by Gasteiger charge is -2.31. The first-order valence-electron chi connectivity index (χ1n) is 5.45. The van der Waals surface area contributed by atoms with Crippen molar-refractivity contribution in [1.29, 1.82) is 0 Å². The number of hydrogen-bond acceptors (Lipinski definition) is 5. The number of nitrogens with zero attached hydrogens (tertiary/aromatic N) is 2. The molecule has 2 rings (SSSR count). The van der Waals surface area contributed by atoms with Crippen LogP contribution in [0, 0.1) is 0 Å². The molecule has 5 heteroatoms. The van der Waals surface area contributed by atoms with Gasteiger partial charge in [-0.1, -0.05) is 0 Å². The second-order valence-corrected chi connectivity index (χ2v) is 4.85. The van der Waals surface area contributed by atoms with E-state index in [1.54, 1.807) is 14.0 Å². The smallest absolute Gasteiger partial charge is 0.186 e. The number of piperidine rings is 1. The number of rotatable bonds is 3. The number of ether oxygens (including phenoxy) is 1. The zero-order valence-electron chi connectivity index (χ0n) is 9.60. The van der Waals surface area contributed by atoms with Crippen LogP contribution in [0.15, 0.2) is 5.38 Å². The molecular formula is C11H16N2O2S. The number of ketones is 1. The van der Waals surface area contributed by atoms with Crippen LogP contribution in [0.4, 0.5) is 5.13 Å². The van der Waals surface area contributed by atoms with Crippen LogP contribution in [0.1, 0.15) is 30.3 Å². The fourth-order valence-corrected chi connectivity index (χ4v) is 2.78. The highest BCUT2D eigenvalue weighted by atomic mass is 32.1. The van der Waals surface area contributed by atoms with Gasteiger partial charge in [0.1, 0.15) is 5.69 Å². The number of Topliss-reactive ketones (excluding diaryl/α,β-unsaturated/α-hetero) is 1. The van der Waals surface area contributed by atoms with Gasteiger partial charge in [0.25, 0.3) is 0 Å². The second-order valence-electron chi connectivity index (χ2n) is 4.02. The molecule has 1 aromatic rings. The summed E-state index contributed by atoms with van der Waals surface area (Å²) in [5.74, 6) is 0.0304. The van der Waals surface area contributed by atoms with E-state index in [-0.39, 0.29) is 5.78 Å². The number of methoxy groups -OCH3 is 1. The molecule has 16 heavy (non-hydrogen) atoms. The topological polar surface area (TPSA) is 42.4 Å². The Morgan fingerprint density at radius 2 is 2.50 bits per heavy atom. The fourth-order valence-electron chi connectivity index (χ4n) is 1.88. The van der Waals surface area contributed by atoms with Gasteiger partial charge in [-0.05, 0) is 12.8 Å². The second kappa shape index (κ2) is 4.93. The Kier molecular flexibility index (Phi) is 3.56. The molecule has 0 saturated carbocycles. The maximum atomic E-state index is 11.2. The van der Waals surface area contributed by atoms with Crippen molar-refractivity contribution in [1.82, 2.24) is 4.98 Å². The molecule has 0 radical (unpaired) electrons. The summed E-state index contributed by atoms with van der Waals surface area (Å²) in [5.41, 5.74) is 0.569. The summed E-state index contributed by atoms with van der Waals surface area (Å²) in [6.45, 7) is 3.43. The van der Waals surface area contributed by atoms with Crippen LogP contribution in [0.5, 0.6) is 0 Å². The number of hydrogen-bond donors (Lipinski definition) is 0. The first kappa shape index (κ1) is 11.5. The quantitative estimate of drug-likeness (QED) is 0.757. The van der Waals surface area contributed by atoms with Crippen LogP contribution in [0.3, 0.4) is 0 Å². The molecule has 2 heterocycles. The molecule has 0 bridgehead atoms. The van der Waals surface area contributed by atoms with Crippen LogP contribution in [-0.4, -0.2) is 37.1 Å². The fraction of sp³-hybridized carbons (Fsp3) is 0.636. The average Bonchev–Trinajstić information content (AvgIpc) is 2.78. The van der Waals surface area contributed by atoms with Gasteiger partial charge >= 0.3 is 0 Å². The molecule has 1 aliphatic rings. The molecule has 1 atom stereocenters. The zero-order chi connectivity index (χ0) is 11.5. The number of aromatic nitrogens is 1. The van der Waals surface area contributed by atoms with Crippen molar-refractivity contribution in [2.45, 2.75) is 25.9 Å². The van der Waals surface area contributed by atoms with Gasteiger partial charge in [0.05, 0.1) is 6.10 Å². The summed E-state index contributed by atoms with van der Waals surface area (Å²) in [5, 5.41) is 2.76. The van der Waals surface area contributed by atoms with E-state index in [4.69, 9.17) is 4.74 Å². The van der Waals surface area contributed by atoms with E-state index in [9.17, 15) is 4.79 Å². The Hall–Kier alpha value is -0.940. The lowest BCUT2D eigenvalue weighted by Crippen LogP contribution is -2.39. The Bertz CT molecular complexity index is 378. The zero-order valence-corrected chi connectivity index (χ0v) is 10.4. The maximum Gasteiger partial charge on any atom is 0.186 e. The van der Waals surface area contributed by atoms with E-state index < -0.39 is 0 Å². The molecule has 1 saturated heterocycles. The normalized spacial score (nSPS) is 21.1. The minimum absolute atomic E-state index is 0.0304. The summed E-state index contributed by atoms with van der Waals surface area (Å²) in [4.78, 5) is 17.7. The standard InChI is InChI=1S/C11H16N2O2S/c1-8(14)10-7-16-11(12-10)13-5-3-4-9(6-13)15-2/h7,9H,3-6H2,1-2H3. The SMILES string of the molecule is COC1CCCN(c2nc(C(C)=O)cs2)C1. The highest BCUT2D eigenvalue weighted by Crippen LogP contribution is 2.24. The van der Waals surface area contributed by atoms with Gasteiger partial charge in [0, 0.05) is 32.5 Å². The van der Waals surface area contributed by atoms with E-state index in [2.05, 4.69) is 9.88 Å². The third-order valence-electron chi connectivity index (χ3n) is 2.83. The highest BCUT2D eigenvalue weighted by molar-refractivity contribution is 7.13. The van der Waals surface area contributed by atoms with Crippen molar-refractivity contribution in [3.63, 3.8) is 0 Å². The minimum atomic E-state index is 0.0304. The molecule has 0 amide bonds. The molecule has 1 aliphatic heterocycles. The van der Waals surface area contributed by atoms with Crippen molar-refractivity contribution < 1.29 is 9.53 Å². The van der Waals surface area contributed by atoms with Crippen LogP contribution in [-0.2, 0) is 4.74 Å². The van der Waals surface area contributed by atoms with Gasteiger partial charge in [-0.2, -0.15) is 0 Å². The third-order valence-corrected chi connectivity index (χ3v) is 3.74. The van der Waals surface area contributed by atoms with Gasteiger partial charge in [-0.3, -0.25) is 4.79 Å². The molecule has 4 nitrogen and oxygen atoms in total. The molecule has 88 valence electrons. The van der Waals surface area contributed by atoms with Gasteiger partial charge in [0.2, 0.25) is 0 Å². The predicted octanol–water partition coefficient (Wildman–Crippen LogP) is 1.96. The highest BCUT2D eigenvalue weighted by Gasteiger charge is 2.22. The first-order chi connectivity index (χ1) is 7.70. The van der Waals surface area contributed by atoms with Crippen LogP contribution in [0.2, 0.25) is 0 Å². The average molecular weight is 240 g/mol. The van der Waals surface area contributed by atoms with Crippen molar-refractivity contribution in [3.05, 3.63) is 11.1 Å². The summed E-state index contributed by atoms with van der Waals surface area (Å²) in [7, 11) is 1.75. The van der Waals surface area contributed by atoms with Gasteiger partial charge in [0.15, 0.2) is 10.9 Å². The van der Waals surface area contributed by atoms with E-state index in [0.29, 0.717) is 11.8 Å². The maximum absolute atomic E-state index is 11.2. The van der Waals surface area contributed by atoms with Crippen LogP contribution in [0.25, 0.3) is 0 Å². The van der Waals surface area contributed by atoms with E-state index in [1.807, 2.05) is 5.38 Å². The Labute approximate surface area is 99.2 Å². The van der Waals surface area contributed by atoms with Gasteiger partial charge in [-0.15, -0.1) is 11.3 Å². The largest absolute Gasteiger partial charge is 0.380 e. The van der Waals surface area contributed by atoms with E-state index >= 15 is 0 Å². The molecule has 0 spiro atoms. The summed E-state index contributed by atoms with van der Waals surface area (Å²) >= 11 is 1.54. The molecule has 0 aromatic carbocycles. The summed E-state index contributed by atoms with van der Waals surface area (Å²) in [6.07, 6.45) is 2.52. The predicted molar refractivity (Wildman–Crippen MR) is 64.4 cm³/mol. The Morgan fingerprint density at radius 1 is 1.69 bits per heavy atom. The van der Waals surface area contributed by atoms with E-state index in [1.165, 1.54) is 11.3 Å². The lowest BCUT2D eigenvalue weighted by molar-refractivity contribution is 0.0893. The lowest BCUT2D eigenvalue weighted by atomic mass is 10.1. The summed E-state index contributed by atoms with van der Waals surface area (Å²) in [6, 6.07) is 0. The van der Waals surface area contributed by atoms with Gasteiger partial charge < -0.3 is 9.64 Å². The molecule has 1 fully saturated rings. The molecule has 1 aromatic heterocycles. The Morgan fingerprint density at radius 3 is 3.12 bits per heavy atom.